The Morgan fingerprint density at radius 1 is 1.53 bits per heavy atom. The summed E-state index contributed by atoms with van der Waals surface area (Å²) in [6.45, 7) is 5.94. The summed E-state index contributed by atoms with van der Waals surface area (Å²) < 4.78 is 5.25. The van der Waals surface area contributed by atoms with E-state index in [4.69, 9.17) is 4.74 Å². The number of aliphatic hydroxyl groups is 1. The van der Waals surface area contributed by atoms with E-state index in [0.717, 1.165) is 18.0 Å². The molecule has 0 aliphatic carbocycles. The lowest BCUT2D eigenvalue weighted by atomic mass is 10.3. The minimum atomic E-state index is -0.539. The van der Waals surface area contributed by atoms with Crippen molar-refractivity contribution in [2.24, 2.45) is 0 Å². The maximum absolute atomic E-state index is 11.8. The lowest BCUT2D eigenvalue weighted by molar-refractivity contribution is 0.0149. The summed E-state index contributed by atoms with van der Waals surface area (Å²) in [5, 5.41) is 12.7. The van der Waals surface area contributed by atoms with Gasteiger partial charge in [-0.2, -0.15) is 0 Å². The molecule has 5 nitrogen and oxygen atoms in total. The normalized spacial score (nSPS) is 18.2. The second-order valence-corrected chi connectivity index (χ2v) is 5.98. The fourth-order valence-electron chi connectivity index (χ4n) is 2.00. The molecular weight excluding hydrogens is 264 g/mol. The Morgan fingerprint density at radius 3 is 2.89 bits per heavy atom. The summed E-state index contributed by atoms with van der Waals surface area (Å²) in [5.74, 6) is -0.112. The first-order valence-electron chi connectivity index (χ1n) is 6.48. The predicted molar refractivity (Wildman–Crippen MR) is 74.7 cm³/mol. The fraction of sp³-hybridized carbons (Fsp3) is 0.615. The van der Waals surface area contributed by atoms with E-state index in [9.17, 15) is 9.90 Å². The van der Waals surface area contributed by atoms with Crippen molar-refractivity contribution in [1.82, 2.24) is 10.2 Å². The zero-order valence-corrected chi connectivity index (χ0v) is 11.9. The zero-order valence-electron chi connectivity index (χ0n) is 11.1. The van der Waals surface area contributed by atoms with Crippen LogP contribution in [0.3, 0.4) is 0 Å². The number of aryl methyl sites for hydroxylation is 1. The molecule has 1 saturated heterocycles. The average molecular weight is 284 g/mol. The van der Waals surface area contributed by atoms with Gasteiger partial charge in [-0.15, -0.1) is 11.3 Å². The Bertz CT molecular complexity index is 416. The average Bonchev–Trinajstić information content (AvgIpc) is 2.84. The molecule has 1 aromatic heterocycles. The Labute approximate surface area is 117 Å². The predicted octanol–water partition coefficient (Wildman–Crippen LogP) is 0.479. The third-order valence-electron chi connectivity index (χ3n) is 3.04. The number of nitrogens with zero attached hydrogens (tertiary/aromatic N) is 1. The summed E-state index contributed by atoms with van der Waals surface area (Å²) in [4.78, 5) is 15.8. The Balaban J connectivity index is 1.70. The molecule has 2 N–H and O–H groups in total. The Kier molecular flexibility index (Phi) is 5.33. The molecule has 1 atom stereocenters. The van der Waals surface area contributed by atoms with Gasteiger partial charge in [0.25, 0.3) is 5.91 Å². The smallest absolute Gasteiger partial charge is 0.261 e. The van der Waals surface area contributed by atoms with Crippen LogP contribution in [-0.2, 0) is 4.74 Å². The van der Waals surface area contributed by atoms with Crippen LogP contribution in [0.4, 0.5) is 0 Å². The van der Waals surface area contributed by atoms with Crippen LogP contribution in [0.1, 0.15) is 14.5 Å². The molecule has 1 amide bonds. The number of β-amino-alcohol motifs (C(OH)–C–C–N with tert-alkyl or cyclic N) is 1. The van der Waals surface area contributed by atoms with Gasteiger partial charge in [-0.25, -0.2) is 0 Å². The van der Waals surface area contributed by atoms with Crippen LogP contribution in [0.2, 0.25) is 0 Å². The van der Waals surface area contributed by atoms with Gasteiger partial charge in [-0.1, -0.05) is 0 Å². The summed E-state index contributed by atoms with van der Waals surface area (Å²) in [6, 6.07) is 3.73. The van der Waals surface area contributed by atoms with Crippen molar-refractivity contribution in [2.45, 2.75) is 13.0 Å². The van der Waals surface area contributed by atoms with Crippen molar-refractivity contribution in [3.8, 4) is 0 Å². The molecule has 1 unspecified atom stereocenters. The molecule has 6 heteroatoms. The maximum Gasteiger partial charge on any atom is 0.261 e. The molecule has 0 bridgehead atoms. The molecule has 0 radical (unpaired) electrons. The first-order valence-corrected chi connectivity index (χ1v) is 7.29. The highest BCUT2D eigenvalue weighted by Crippen LogP contribution is 2.14. The van der Waals surface area contributed by atoms with E-state index in [2.05, 4.69) is 10.2 Å². The molecule has 0 saturated carbocycles. The SMILES string of the molecule is Cc1ccc(C(=O)NCC(O)CN2CCOCC2)s1. The molecule has 1 aliphatic rings. The molecule has 2 rings (SSSR count). The lowest BCUT2D eigenvalue weighted by Gasteiger charge is -2.28. The van der Waals surface area contributed by atoms with E-state index >= 15 is 0 Å². The van der Waals surface area contributed by atoms with Crippen LogP contribution in [0.5, 0.6) is 0 Å². The zero-order chi connectivity index (χ0) is 13.7. The fourth-order valence-corrected chi connectivity index (χ4v) is 2.78. The molecular formula is C13H20N2O3S. The number of rotatable bonds is 5. The highest BCUT2D eigenvalue weighted by atomic mass is 32.1. The topological polar surface area (TPSA) is 61.8 Å². The van der Waals surface area contributed by atoms with Crippen molar-refractivity contribution < 1.29 is 14.6 Å². The summed E-state index contributed by atoms with van der Waals surface area (Å²) in [5.41, 5.74) is 0. The van der Waals surface area contributed by atoms with Crippen LogP contribution >= 0.6 is 11.3 Å². The number of carbonyl (C=O) groups excluding carboxylic acids is 1. The second kappa shape index (κ2) is 7.00. The van der Waals surface area contributed by atoms with E-state index in [1.807, 2.05) is 19.1 Å². The molecule has 19 heavy (non-hydrogen) atoms. The molecule has 1 fully saturated rings. The third-order valence-corrected chi connectivity index (χ3v) is 4.03. The largest absolute Gasteiger partial charge is 0.390 e. The standard InChI is InChI=1S/C13H20N2O3S/c1-10-2-3-12(19-10)13(17)14-8-11(16)9-15-4-6-18-7-5-15/h2-3,11,16H,4-9H2,1H3,(H,14,17). The number of hydrogen-bond donors (Lipinski definition) is 2. The van der Waals surface area contributed by atoms with Crippen LogP contribution in [0.15, 0.2) is 12.1 Å². The number of nitrogens with one attached hydrogen (secondary N) is 1. The van der Waals surface area contributed by atoms with Crippen molar-refractivity contribution in [3.05, 3.63) is 21.9 Å². The monoisotopic (exact) mass is 284 g/mol. The Hall–Kier alpha value is -0.950. The van der Waals surface area contributed by atoms with E-state index in [1.54, 1.807) is 0 Å². The molecule has 2 heterocycles. The first kappa shape index (κ1) is 14.5. The molecule has 1 aromatic rings. The van der Waals surface area contributed by atoms with Crippen molar-refractivity contribution >= 4 is 17.2 Å². The molecule has 0 spiro atoms. The highest BCUT2D eigenvalue weighted by molar-refractivity contribution is 7.13. The quantitative estimate of drug-likeness (QED) is 0.825. The van der Waals surface area contributed by atoms with Gasteiger partial charge in [0.05, 0.1) is 24.2 Å². The van der Waals surface area contributed by atoms with Gasteiger partial charge in [0, 0.05) is 31.1 Å². The van der Waals surface area contributed by atoms with E-state index in [1.165, 1.54) is 11.3 Å². The van der Waals surface area contributed by atoms with Crippen LogP contribution in [-0.4, -0.2) is 61.4 Å². The summed E-state index contributed by atoms with van der Waals surface area (Å²) >= 11 is 1.46. The van der Waals surface area contributed by atoms with Gasteiger partial charge < -0.3 is 15.2 Å². The molecule has 0 aromatic carbocycles. The molecule has 1 aliphatic heterocycles. The highest BCUT2D eigenvalue weighted by Gasteiger charge is 2.16. The number of hydrogen-bond acceptors (Lipinski definition) is 5. The van der Waals surface area contributed by atoms with Crippen molar-refractivity contribution in [2.75, 3.05) is 39.4 Å². The van der Waals surface area contributed by atoms with Gasteiger partial charge in [0.1, 0.15) is 0 Å². The van der Waals surface area contributed by atoms with Gasteiger partial charge in [0.15, 0.2) is 0 Å². The lowest BCUT2D eigenvalue weighted by Crippen LogP contribution is -2.44. The van der Waals surface area contributed by atoms with Crippen LogP contribution in [0, 0.1) is 6.92 Å². The van der Waals surface area contributed by atoms with Gasteiger partial charge in [0.2, 0.25) is 0 Å². The van der Waals surface area contributed by atoms with E-state index in [0.29, 0.717) is 24.6 Å². The minimum Gasteiger partial charge on any atom is -0.390 e. The van der Waals surface area contributed by atoms with E-state index in [-0.39, 0.29) is 12.5 Å². The number of carbonyl (C=O) groups is 1. The first-order chi connectivity index (χ1) is 9.15. The second-order valence-electron chi connectivity index (χ2n) is 4.69. The number of thiophene rings is 1. The number of amides is 1. The summed E-state index contributed by atoms with van der Waals surface area (Å²) in [7, 11) is 0. The molecule has 106 valence electrons. The van der Waals surface area contributed by atoms with Gasteiger partial charge in [-0.05, 0) is 19.1 Å². The van der Waals surface area contributed by atoms with E-state index < -0.39 is 6.10 Å². The number of aliphatic hydroxyl groups excluding tert-OH is 1. The van der Waals surface area contributed by atoms with Crippen LogP contribution < -0.4 is 5.32 Å². The number of morpholine rings is 1. The van der Waals surface area contributed by atoms with Crippen molar-refractivity contribution in [3.63, 3.8) is 0 Å². The number of ether oxygens (including phenoxy) is 1. The maximum atomic E-state index is 11.8. The van der Waals surface area contributed by atoms with Gasteiger partial charge in [-0.3, -0.25) is 9.69 Å². The summed E-state index contributed by atoms with van der Waals surface area (Å²) in [6.07, 6.45) is -0.539. The Morgan fingerprint density at radius 2 is 2.26 bits per heavy atom. The van der Waals surface area contributed by atoms with Crippen molar-refractivity contribution in [1.29, 1.82) is 0 Å². The third kappa shape index (κ3) is 4.58. The van der Waals surface area contributed by atoms with Gasteiger partial charge >= 0.3 is 0 Å². The minimum absolute atomic E-state index is 0.112. The van der Waals surface area contributed by atoms with Crippen LogP contribution in [0.25, 0.3) is 0 Å².